The van der Waals surface area contributed by atoms with Gasteiger partial charge in [0, 0.05) is 23.7 Å². The molecule has 28 heavy (non-hydrogen) atoms. The van der Waals surface area contributed by atoms with Gasteiger partial charge in [-0.05, 0) is 84.6 Å². The number of carbonyl (C=O) groups is 1. The lowest BCUT2D eigenvalue weighted by Crippen LogP contribution is -2.48. The summed E-state index contributed by atoms with van der Waals surface area (Å²) in [4.78, 5) is 17.8. The third kappa shape index (κ3) is 5.71. The van der Waals surface area contributed by atoms with Crippen molar-refractivity contribution in [2.75, 3.05) is 26.2 Å². The zero-order valence-electron chi connectivity index (χ0n) is 18.1. The highest BCUT2D eigenvalue weighted by Crippen LogP contribution is 2.37. The number of likely N-dealkylation sites (tertiary alicyclic amines) is 1. The quantitative estimate of drug-likeness (QED) is 0.623. The molecule has 0 aliphatic carbocycles. The van der Waals surface area contributed by atoms with Gasteiger partial charge in [0.1, 0.15) is 0 Å². The molecule has 0 aromatic heterocycles. The summed E-state index contributed by atoms with van der Waals surface area (Å²) in [7, 11) is 0. The van der Waals surface area contributed by atoms with E-state index < -0.39 is 5.41 Å². The Morgan fingerprint density at radius 3 is 2.25 bits per heavy atom. The van der Waals surface area contributed by atoms with Gasteiger partial charge in [-0.25, -0.2) is 0 Å². The van der Waals surface area contributed by atoms with Crippen molar-refractivity contribution in [3.05, 3.63) is 34.9 Å². The number of amides is 1. The summed E-state index contributed by atoms with van der Waals surface area (Å²) in [5, 5.41) is 0.639. The van der Waals surface area contributed by atoms with Crippen LogP contribution in [0.4, 0.5) is 0 Å². The largest absolute Gasteiger partial charge is 0.369 e. The molecule has 1 amide bonds. The summed E-state index contributed by atoms with van der Waals surface area (Å²) in [6, 6.07) is 8.56. The van der Waals surface area contributed by atoms with Crippen LogP contribution in [0, 0.1) is 0 Å². The van der Waals surface area contributed by atoms with Gasteiger partial charge in [-0.15, -0.1) is 0 Å². The van der Waals surface area contributed by atoms with E-state index in [0.29, 0.717) is 23.5 Å². The number of nitrogens with two attached hydrogens (primary N) is 1. The number of piperidine rings is 1. The third-order valence-corrected chi connectivity index (χ3v) is 6.62. The van der Waals surface area contributed by atoms with E-state index >= 15 is 0 Å². The number of benzene rings is 1. The second kappa shape index (κ2) is 10.6. The van der Waals surface area contributed by atoms with Gasteiger partial charge in [-0.3, -0.25) is 9.69 Å². The van der Waals surface area contributed by atoms with Gasteiger partial charge in [-0.1, -0.05) is 36.2 Å². The zero-order valence-corrected chi connectivity index (χ0v) is 18.8. The number of rotatable bonds is 10. The first-order valence-corrected chi connectivity index (χ1v) is 11.2. The van der Waals surface area contributed by atoms with Gasteiger partial charge in [0.15, 0.2) is 0 Å². The molecular formula is C23H38ClN3O. The highest BCUT2D eigenvalue weighted by Gasteiger charge is 2.40. The van der Waals surface area contributed by atoms with Crippen molar-refractivity contribution in [1.82, 2.24) is 9.80 Å². The molecule has 5 heteroatoms. The summed E-state index contributed by atoms with van der Waals surface area (Å²) < 4.78 is 0. The summed E-state index contributed by atoms with van der Waals surface area (Å²) >= 11 is 6.58. The minimum absolute atomic E-state index is 0.259. The zero-order chi connectivity index (χ0) is 20.7. The Hall–Kier alpha value is -1.10. The molecule has 1 aliphatic rings. The van der Waals surface area contributed by atoms with Gasteiger partial charge in [0.25, 0.3) is 0 Å². The Bertz CT molecular complexity index is 620. The molecule has 1 aliphatic heterocycles. The predicted octanol–water partition coefficient (Wildman–Crippen LogP) is 4.45. The Morgan fingerprint density at radius 2 is 1.71 bits per heavy atom. The summed E-state index contributed by atoms with van der Waals surface area (Å²) in [6.07, 6.45) is 5.19. The Balaban J connectivity index is 2.31. The SMILES string of the molecule is CC(C)N(CCC(CCN1CCCCC1)(C(N)=O)c1ccccc1Cl)C(C)C. The summed E-state index contributed by atoms with van der Waals surface area (Å²) in [5.41, 5.74) is 6.24. The first-order valence-electron chi connectivity index (χ1n) is 10.8. The third-order valence-electron chi connectivity index (χ3n) is 6.29. The lowest BCUT2D eigenvalue weighted by Gasteiger charge is -2.38. The fourth-order valence-corrected chi connectivity index (χ4v) is 4.90. The number of primary amides is 1. The fraction of sp³-hybridized carbons (Fsp3) is 0.696. The van der Waals surface area contributed by atoms with Crippen molar-refractivity contribution >= 4 is 17.5 Å². The van der Waals surface area contributed by atoms with E-state index in [1.54, 1.807) is 0 Å². The van der Waals surface area contributed by atoms with Crippen molar-refractivity contribution in [3.63, 3.8) is 0 Å². The smallest absolute Gasteiger partial charge is 0.228 e. The van der Waals surface area contributed by atoms with E-state index in [1.165, 1.54) is 19.3 Å². The molecule has 0 bridgehead atoms. The molecular weight excluding hydrogens is 370 g/mol. The van der Waals surface area contributed by atoms with E-state index in [-0.39, 0.29) is 5.91 Å². The van der Waals surface area contributed by atoms with E-state index in [4.69, 9.17) is 17.3 Å². The molecule has 0 saturated carbocycles. The van der Waals surface area contributed by atoms with E-state index in [0.717, 1.165) is 38.2 Å². The van der Waals surface area contributed by atoms with Crippen molar-refractivity contribution in [2.24, 2.45) is 5.73 Å². The first-order chi connectivity index (χ1) is 13.3. The standard InChI is InChI=1S/C23H38ClN3O/c1-18(2)27(19(3)4)17-13-23(22(25)28,20-10-6-7-11-21(20)24)12-16-26-14-8-5-9-15-26/h6-7,10-11,18-19H,5,8-9,12-17H2,1-4H3,(H2,25,28). The van der Waals surface area contributed by atoms with Crippen LogP contribution in [0.25, 0.3) is 0 Å². The van der Waals surface area contributed by atoms with Crippen LogP contribution in [-0.2, 0) is 10.2 Å². The van der Waals surface area contributed by atoms with Gasteiger partial charge in [-0.2, -0.15) is 0 Å². The van der Waals surface area contributed by atoms with Crippen molar-refractivity contribution in [2.45, 2.75) is 77.3 Å². The van der Waals surface area contributed by atoms with Crippen LogP contribution < -0.4 is 5.73 Å². The maximum absolute atomic E-state index is 12.9. The second-order valence-electron chi connectivity index (χ2n) is 8.75. The molecule has 1 aromatic carbocycles. The van der Waals surface area contributed by atoms with Crippen LogP contribution >= 0.6 is 11.6 Å². The topological polar surface area (TPSA) is 49.6 Å². The molecule has 2 N–H and O–H groups in total. The average molecular weight is 408 g/mol. The average Bonchev–Trinajstić information content (AvgIpc) is 2.65. The minimum atomic E-state index is -0.738. The van der Waals surface area contributed by atoms with Gasteiger partial charge in [0.05, 0.1) is 5.41 Å². The lowest BCUT2D eigenvalue weighted by molar-refractivity contribution is -0.124. The Morgan fingerprint density at radius 1 is 1.11 bits per heavy atom. The summed E-state index contributed by atoms with van der Waals surface area (Å²) in [5.74, 6) is -0.259. The van der Waals surface area contributed by atoms with Gasteiger partial charge in [0.2, 0.25) is 5.91 Å². The van der Waals surface area contributed by atoms with Crippen LogP contribution in [0.5, 0.6) is 0 Å². The van der Waals surface area contributed by atoms with Crippen molar-refractivity contribution in [3.8, 4) is 0 Å². The van der Waals surface area contributed by atoms with Gasteiger partial charge >= 0.3 is 0 Å². The van der Waals surface area contributed by atoms with E-state index in [1.807, 2.05) is 24.3 Å². The van der Waals surface area contributed by atoms with Crippen molar-refractivity contribution < 1.29 is 4.79 Å². The lowest BCUT2D eigenvalue weighted by atomic mass is 9.73. The van der Waals surface area contributed by atoms with Crippen LogP contribution in [0.3, 0.4) is 0 Å². The predicted molar refractivity (Wildman–Crippen MR) is 119 cm³/mol. The molecule has 1 aromatic rings. The summed E-state index contributed by atoms with van der Waals surface area (Å²) in [6.45, 7) is 12.7. The Kier molecular flexibility index (Phi) is 8.79. The highest BCUT2D eigenvalue weighted by molar-refractivity contribution is 6.31. The van der Waals surface area contributed by atoms with Crippen LogP contribution in [0.15, 0.2) is 24.3 Å². The molecule has 1 heterocycles. The second-order valence-corrected chi connectivity index (χ2v) is 9.16. The van der Waals surface area contributed by atoms with Crippen LogP contribution in [0.2, 0.25) is 5.02 Å². The minimum Gasteiger partial charge on any atom is -0.369 e. The maximum Gasteiger partial charge on any atom is 0.228 e. The van der Waals surface area contributed by atoms with Crippen molar-refractivity contribution in [1.29, 1.82) is 0 Å². The highest BCUT2D eigenvalue weighted by atomic mass is 35.5. The molecule has 1 atom stereocenters. The molecule has 1 saturated heterocycles. The maximum atomic E-state index is 12.9. The first kappa shape index (κ1) is 23.2. The molecule has 2 rings (SSSR count). The fourth-order valence-electron chi connectivity index (χ4n) is 4.59. The van der Waals surface area contributed by atoms with E-state index in [2.05, 4.69) is 37.5 Å². The Labute approximate surface area is 176 Å². The molecule has 158 valence electrons. The number of carbonyl (C=O) groups excluding carboxylic acids is 1. The number of hydrogen-bond donors (Lipinski definition) is 1. The molecule has 0 radical (unpaired) electrons. The van der Waals surface area contributed by atoms with E-state index in [9.17, 15) is 4.79 Å². The molecule has 1 unspecified atom stereocenters. The molecule has 4 nitrogen and oxygen atoms in total. The number of hydrogen-bond acceptors (Lipinski definition) is 3. The number of nitrogens with zero attached hydrogens (tertiary/aromatic N) is 2. The molecule has 1 fully saturated rings. The molecule has 0 spiro atoms. The van der Waals surface area contributed by atoms with Crippen LogP contribution in [0.1, 0.15) is 65.4 Å². The normalized spacial score (nSPS) is 18.0. The van der Waals surface area contributed by atoms with Gasteiger partial charge < -0.3 is 10.6 Å². The van der Waals surface area contributed by atoms with Crippen LogP contribution in [-0.4, -0.2) is 54.0 Å². The monoisotopic (exact) mass is 407 g/mol. The number of halogens is 1.